The van der Waals surface area contributed by atoms with E-state index in [1.807, 2.05) is 12.1 Å². The summed E-state index contributed by atoms with van der Waals surface area (Å²) in [6, 6.07) is 4.46. The fourth-order valence-electron chi connectivity index (χ4n) is 5.14. The summed E-state index contributed by atoms with van der Waals surface area (Å²) >= 11 is 0. The number of nitrogens with one attached hydrogen (secondary N) is 1. The van der Waals surface area contributed by atoms with E-state index in [0.717, 1.165) is 70.6 Å². The SMILES string of the molecule is CC(C)N1CCN(c2ccc(C(=O)NCCCCCCCCCCCCCCCCCO[N+](=O)[O-])cn2)CC1. The number of nitrogens with zero attached hydrogens (tertiary/aromatic N) is 4. The van der Waals surface area contributed by atoms with E-state index in [1.165, 1.54) is 64.2 Å². The van der Waals surface area contributed by atoms with E-state index in [1.54, 1.807) is 6.20 Å². The van der Waals surface area contributed by atoms with Gasteiger partial charge in [0.15, 0.2) is 0 Å². The summed E-state index contributed by atoms with van der Waals surface area (Å²) in [5.41, 5.74) is 0.639. The zero-order chi connectivity index (χ0) is 28.1. The third-order valence-electron chi connectivity index (χ3n) is 7.68. The van der Waals surface area contributed by atoms with Gasteiger partial charge in [0.2, 0.25) is 0 Å². The lowest BCUT2D eigenvalue weighted by molar-refractivity contribution is -0.757. The Morgan fingerprint density at radius 2 is 1.38 bits per heavy atom. The standard InChI is InChI=1S/C30H53N5O4/c1-27(2)33-21-23-34(24-22-33)29-19-18-28(26-32-29)30(36)31-20-16-14-12-10-8-6-4-3-5-7-9-11-13-15-17-25-39-35(37)38/h18-19,26-27H,3-17,20-25H2,1-2H3,(H,31,36). The van der Waals surface area contributed by atoms with Crippen LogP contribution in [0.2, 0.25) is 0 Å². The topological polar surface area (TPSA) is 101 Å². The van der Waals surface area contributed by atoms with Gasteiger partial charge in [0.05, 0.1) is 12.2 Å². The molecule has 0 atom stereocenters. The lowest BCUT2D eigenvalue weighted by Gasteiger charge is -2.37. The zero-order valence-electron chi connectivity index (χ0n) is 24.6. The minimum Gasteiger partial charge on any atom is -0.354 e. The van der Waals surface area contributed by atoms with Gasteiger partial charge < -0.3 is 15.1 Å². The smallest absolute Gasteiger partial charge is 0.294 e. The van der Waals surface area contributed by atoms with E-state index < -0.39 is 5.09 Å². The molecule has 0 unspecified atom stereocenters. The summed E-state index contributed by atoms with van der Waals surface area (Å²) < 4.78 is 0. The van der Waals surface area contributed by atoms with Crippen LogP contribution in [0.4, 0.5) is 5.82 Å². The maximum atomic E-state index is 12.4. The van der Waals surface area contributed by atoms with Crippen molar-refractivity contribution < 1.29 is 14.7 Å². The van der Waals surface area contributed by atoms with Crippen molar-refractivity contribution in [3.05, 3.63) is 34.0 Å². The molecule has 1 N–H and O–H groups in total. The number of pyridine rings is 1. The number of hydrogen-bond acceptors (Lipinski definition) is 7. The lowest BCUT2D eigenvalue weighted by Crippen LogP contribution is -2.49. The highest BCUT2D eigenvalue weighted by molar-refractivity contribution is 5.94. The molecule has 222 valence electrons. The average Bonchev–Trinajstić information content (AvgIpc) is 2.94. The van der Waals surface area contributed by atoms with Gasteiger partial charge in [-0.15, -0.1) is 10.1 Å². The second-order valence-electron chi connectivity index (χ2n) is 11.1. The van der Waals surface area contributed by atoms with Crippen LogP contribution in [0.25, 0.3) is 0 Å². The number of rotatable bonds is 22. The fourth-order valence-corrected chi connectivity index (χ4v) is 5.14. The van der Waals surface area contributed by atoms with E-state index in [0.29, 0.717) is 11.6 Å². The van der Waals surface area contributed by atoms with E-state index >= 15 is 0 Å². The highest BCUT2D eigenvalue weighted by Crippen LogP contribution is 2.16. The first-order chi connectivity index (χ1) is 19.0. The molecular formula is C30H53N5O4. The molecule has 0 bridgehead atoms. The Morgan fingerprint density at radius 3 is 1.85 bits per heavy atom. The number of piperazine rings is 1. The summed E-state index contributed by atoms with van der Waals surface area (Å²) in [7, 11) is 0. The molecule has 0 radical (unpaired) electrons. The van der Waals surface area contributed by atoms with Gasteiger partial charge in [-0.25, -0.2) is 4.98 Å². The van der Waals surface area contributed by atoms with Gasteiger partial charge in [0.1, 0.15) is 5.82 Å². The Bertz CT molecular complexity index is 782. The maximum Gasteiger partial charge on any atom is 0.294 e. The van der Waals surface area contributed by atoms with Gasteiger partial charge in [-0.1, -0.05) is 83.5 Å². The quantitative estimate of drug-likeness (QED) is 0.102. The Labute approximate surface area is 236 Å². The number of carbonyl (C=O) groups is 1. The zero-order valence-corrected chi connectivity index (χ0v) is 24.6. The number of amides is 1. The molecule has 2 heterocycles. The van der Waals surface area contributed by atoms with Gasteiger partial charge in [-0.2, -0.15) is 0 Å². The lowest BCUT2D eigenvalue weighted by atomic mass is 10.0. The number of anilines is 1. The predicted molar refractivity (Wildman–Crippen MR) is 158 cm³/mol. The first-order valence-corrected chi connectivity index (χ1v) is 15.5. The molecule has 0 aromatic carbocycles. The Kier molecular flexibility index (Phi) is 17.2. The summed E-state index contributed by atoms with van der Waals surface area (Å²) in [5, 5.41) is 12.4. The van der Waals surface area contributed by atoms with Gasteiger partial charge in [0.25, 0.3) is 11.0 Å². The fraction of sp³-hybridized carbons (Fsp3) is 0.800. The summed E-state index contributed by atoms with van der Waals surface area (Å²) in [4.78, 5) is 36.2. The molecule has 1 amide bonds. The number of unbranched alkanes of at least 4 members (excludes halogenated alkanes) is 14. The third kappa shape index (κ3) is 15.1. The van der Waals surface area contributed by atoms with E-state index in [2.05, 4.69) is 38.8 Å². The number of carbonyl (C=O) groups excluding carboxylic acids is 1. The van der Waals surface area contributed by atoms with E-state index in [-0.39, 0.29) is 12.5 Å². The van der Waals surface area contributed by atoms with Crippen molar-refractivity contribution in [3.8, 4) is 0 Å². The molecule has 0 saturated carbocycles. The van der Waals surface area contributed by atoms with Gasteiger partial charge >= 0.3 is 0 Å². The minimum absolute atomic E-state index is 0.0269. The second-order valence-corrected chi connectivity index (χ2v) is 11.1. The van der Waals surface area contributed by atoms with E-state index in [9.17, 15) is 14.9 Å². The molecule has 1 aromatic heterocycles. The molecule has 2 rings (SSSR count). The normalized spacial score (nSPS) is 14.1. The molecule has 1 fully saturated rings. The third-order valence-corrected chi connectivity index (χ3v) is 7.68. The van der Waals surface area contributed by atoms with Crippen LogP contribution < -0.4 is 10.2 Å². The van der Waals surface area contributed by atoms with Crippen LogP contribution in [0.1, 0.15) is 121 Å². The molecule has 1 aromatic rings. The molecule has 9 nitrogen and oxygen atoms in total. The van der Waals surface area contributed by atoms with Crippen LogP contribution in [0.3, 0.4) is 0 Å². The van der Waals surface area contributed by atoms with Gasteiger partial charge in [0, 0.05) is 45.0 Å². The van der Waals surface area contributed by atoms with Crippen molar-refractivity contribution >= 4 is 11.7 Å². The van der Waals surface area contributed by atoms with Crippen molar-refractivity contribution in [3.63, 3.8) is 0 Å². The second kappa shape index (κ2) is 20.5. The monoisotopic (exact) mass is 547 g/mol. The van der Waals surface area contributed by atoms with Crippen LogP contribution in [0.5, 0.6) is 0 Å². The van der Waals surface area contributed by atoms with Crippen LogP contribution in [-0.4, -0.2) is 66.3 Å². The maximum absolute atomic E-state index is 12.4. The molecule has 1 aliphatic heterocycles. The minimum atomic E-state index is -0.711. The van der Waals surface area contributed by atoms with Gasteiger partial charge in [-0.3, -0.25) is 9.69 Å². The highest BCUT2D eigenvalue weighted by Gasteiger charge is 2.19. The molecular weight excluding hydrogens is 494 g/mol. The summed E-state index contributed by atoms with van der Waals surface area (Å²) in [6.45, 7) is 9.50. The van der Waals surface area contributed by atoms with Crippen molar-refractivity contribution in [1.29, 1.82) is 0 Å². The molecule has 1 aliphatic rings. The van der Waals surface area contributed by atoms with Crippen molar-refractivity contribution in [2.75, 3.05) is 44.2 Å². The van der Waals surface area contributed by atoms with Crippen LogP contribution in [0.15, 0.2) is 18.3 Å². The van der Waals surface area contributed by atoms with Crippen LogP contribution >= 0.6 is 0 Å². The molecule has 0 aliphatic carbocycles. The van der Waals surface area contributed by atoms with Crippen LogP contribution in [0, 0.1) is 10.1 Å². The first kappa shape index (κ1) is 32.8. The number of hydrogen-bond donors (Lipinski definition) is 1. The molecule has 39 heavy (non-hydrogen) atoms. The van der Waals surface area contributed by atoms with E-state index in [4.69, 9.17) is 0 Å². The first-order valence-electron chi connectivity index (χ1n) is 15.5. The molecule has 1 saturated heterocycles. The summed E-state index contributed by atoms with van der Waals surface area (Å²) in [5.74, 6) is 0.934. The van der Waals surface area contributed by atoms with Gasteiger partial charge in [-0.05, 0) is 38.8 Å². The molecule has 0 spiro atoms. The molecule has 9 heteroatoms. The Hall–Kier alpha value is -2.42. The number of aromatic nitrogens is 1. The van der Waals surface area contributed by atoms with Crippen molar-refractivity contribution in [1.82, 2.24) is 15.2 Å². The average molecular weight is 548 g/mol. The predicted octanol–water partition coefficient (Wildman–Crippen LogP) is 6.40. The Morgan fingerprint density at radius 1 is 0.872 bits per heavy atom. The van der Waals surface area contributed by atoms with Crippen molar-refractivity contribution in [2.45, 2.75) is 116 Å². The van der Waals surface area contributed by atoms with Crippen molar-refractivity contribution in [2.24, 2.45) is 0 Å². The Balaban J connectivity index is 1.36. The largest absolute Gasteiger partial charge is 0.354 e. The highest BCUT2D eigenvalue weighted by atomic mass is 16.9. The van der Waals surface area contributed by atoms with Crippen LogP contribution in [-0.2, 0) is 4.84 Å². The summed E-state index contributed by atoms with van der Waals surface area (Å²) in [6.07, 6.45) is 19.8.